The van der Waals surface area contributed by atoms with E-state index in [2.05, 4.69) is 20.5 Å². The molecule has 52 heavy (non-hydrogen) atoms. The molecule has 1 aliphatic heterocycles. The lowest BCUT2D eigenvalue weighted by Gasteiger charge is -2.29. The average Bonchev–Trinajstić information content (AvgIpc) is 3.44. The second-order valence-electron chi connectivity index (χ2n) is 13.1. The maximum absolute atomic E-state index is 13.6. The topological polar surface area (TPSA) is 117 Å². The Labute approximate surface area is 312 Å². The number of halogens is 1. The van der Waals surface area contributed by atoms with Crippen molar-refractivity contribution in [2.24, 2.45) is 10.9 Å². The van der Waals surface area contributed by atoms with E-state index in [0.29, 0.717) is 69.5 Å². The number of amides is 3. The number of rotatable bonds is 20. The fourth-order valence-electron chi connectivity index (χ4n) is 5.99. The number of nitrogens with one attached hydrogen (secondary N) is 2. The van der Waals surface area contributed by atoms with E-state index in [1.165, 1.54) is 4.90 Å². The van der Waals surface area contributed by atoms with Crippen LogP contribution in [0.15, 0.2) is 65.3 Å². The van der Waals surface area contributed by atoms with Crippen LogP contribution in [0.5, 0.6) is 0 Å². The highest BCUT2D eigenvalue weighted by atomic mass is 35.5. The lowest BCUT2D eigenvalue weighted by molar-refractivity contribution is -0.129. The van der Waals surface area contributed by atoms with Gasteiger partial charge in [0.15, 0.2) is 5.69 Å². The van der Waals surface area contributed by atoms with Gasteiger partial charge in [0.2, 0.25) is 11.8 Å². The molecule has 11 nitrogen and oxygen atoms in total. The molecule has 0 aromatic heterocycles. The Bertz CT molecular complexity index is 1590. The summed E-state index contributed by atoms with van der Waals surface area (Å²) < 4.78 is 11.2. The van der Waals surface area contributed by atoms with E-state index in [1.54, 1.807) is 30.4 Å². The van der Waals surface area contributed by atoms with Gasteiger partial charge >= 0.3 is 0 Å². The average molecular weight is 731 g/mol. The van der Waals surface area contributed by atoms with E-state index in [-0.39, 0.29) is 41.9 Å². The molecule has 0 spiro atoms. The Morgan fingerprint density at radius 2 is 1.60 bits per heavy atom. The number of carbonyl (C=O) groups is 3. The van der Waals surface area contributed by atoms with Crippen molar-refractivity contribution in [2.45, 2.75) is 57.4 Å². The summed E-state index contributed by atoms with van der Waals surface area (Å²) in [5.41, 5.74) is 3.46. The minimum Gasteiger partial charge on any atom is -0.379 e. The van der Waals surface area contributed by atoms with Crippen molar-refractivity contribution in [2.75, 3.05) is 64.4 Å². The largest absolute Gasteiger partial charge is 0.379 e. The molecular formula is C40H51ClN6O5. The number of anilines is 1. The van der Waals surface area contributed by atoms with Gasteiger partial charge in [-0.3, -0.25) is 19.3 Å². The summed E-state index contributed by atoms with van der Waals surface area (Å²) in [6.07, 6.45) is 12.2. The minimum absolute atomic E-state index is 0.0104. The van der Waals surface area contributed by atoms with E-state index in [0.717, 1.165) is 49.1 Å². The van der Waals surface area contributed by atoms with Gasteiger partial charge < -0.3 is 25.0 Å². The van der Waals surface area contributed by atoms with Crippen LogP contribution in [0.3, 0.4) is 0 Å². The van der Waals surface area contributed by atoms with Crippen LogP contribution < -0.4 is 15.5 Å². The number of benzene rings is 2. The van der Waals surface area contributed by atoms with Crippen LogP contribution in [-0.2, 0) is 23.9 Å². The van der Waals surface area contributed by atoms with Crippen LogP contribution in [0.4, 0.5) is 11.4 Å². The first-order chi connectivity index (χ1) is 25.3. The van der Waals surface area contributed by atoms with Crippen LogP contribution in [0.1, 0.15) is 62.5 Å². The first kappa shape index (κ1) is 40.3. The summed E-state index contributed by atoms with van der Waals surface area (Å²) in [5, 5.41) is 6.04. The molecule has 0 atom stereocenters. The third-order valence-corrected chi connectivity index (χ3v) is 9.26. The summed E-state index contributed by atoms with van der Waals surface area (Å²) >= 11 is 5.69. The second-order valence-corrected chi connectivity index (χ2v) is 13.5. The molecule has 278 valence electrons. The molecule has 12 heteroatoms. The van der Waals surface area contributed by atoms with E-state index in [4.69, 9.17) is 27.6 Å². The molecule has 0 radical (unpaired) electrons. The molecule has 4 rings (SSSR count). The fourth-order valence-corrected chi connectivity index (χ4v) is 6.18. The highest BCUT2D eigenvalue weighted by molar-refractivity contribution is 6.19. The van der Waals surface area contributed by atoms with Gasteiger partial charge in [0.05, 0.1) is 26.4 Å². The van der Waals surface area contributed by atoms with Gasteiger partial charge in [0.25, 0.3) is 5.91 Å². The Hall–Kier alpha value is -4.50. The zero-order valence-electron chi connectivity index (χ0n) is 30.3. The van der Waals surface area contributed by atoms with Crippen molar-refractivity contribution in [3.8, 4) is 0 Å². The Morgan fingerprint density at radius 3 is 2.27 bits per heavy atom. The predicted molar refractivity (Wildman–Crippen MR) is 207 cm³/mol. The molecule has 2 aliphatic rings. The van der Waals surface area contributed by atoms with E-state index in [1.807, 2.05) is 55.4 Å². The second kappa shape index (κ2) is 21.8. The van der Waals surface area contributed by atoms with Crippen LogP contribution in [0.2, 0.25) is 0 Å². The molecule has 0 bridgehead atoms. The lowest BCUT2D eigenvalue weighted by Crippen LogP contribution is -2.46. The number of ether oxygens (including phenoxy) is 2. The Kier molecular flexibility index (Phi) is 16.9. The molecule has 1 saturated carbocycles. The van der Waals surface area contributed by atoms with E-state index >= 15 is 0 Å². The summed E-state index contributed by atoms with van der Waals surface area (Å²) in [4.78, 5) is 51.0. The normalized spacial score (nSPS) is 18.0. The van der Waals surface area contributed by atoms with Crippen molar-refractivity contribution in [1.29, 1.82) is 0 Å². The molecule has 1 aliphatic carbocycles. The third kappa shape index (κ3) is 13.2. The molecule has 0 unspecified atom stereocenters. The number of alkyl halides is 1. The highest BCUT2D eigenvalue weighted by Crippen LogP contribution is 2.25. The number of carbonyl (C=O) groups excluding carboxylic acids is 3. The molecule has 0 saturated heterocycles. The number of aliphatic imine (C=N–C) groups is 1. The summed E-state index contributed by atoms with van der Waals surface area (Å²) in [6, 6.07) is 14.8. The van der Waals surface area contributed by atoms with E-state index < -0.39 is 0 Å². The predicted octanol–water partition coefficient (Wildman–Crippen LogP) is 6.22. The number of nitrogens with zero attached hydrogens (tertiary/aromatic N) is 4. The van der Waals surface area contributed by atoms with Gasteiger partial charge in [-0.15, -0.1) is 11.6 Å². The van der Waals surface area contributed by atoms with Gasteiger partial charge in [-0.05, 0) is 73.9 Å². The van der Waals surface area contributed by atoms with Crippen molar-refractivity contribution in [3.05, 3.63) is 82.8 Å². The number of amidine groups is 1. The van der Waals surface area contributed by atoms with Crippen LogP contribution in [0, 0.1) is 12.5 Å². The fraction of sp³-hybridized carbons (Fsp3) is 0.475. The molecule has 1 fully saturated rings. The van der Waals surface area contributed by atoms with Crippen LogP contribution in [-0.4, -0.2) is 94.0 Å². The van der Waals surface area contributed by atoms with Gasteiger partial charge in [-0.2, -0.15) is 0 Å². The molecule has 2 aromatic carbocycles. The van der Waals surface area contributed by atoms with Gasteiger partial charge in [-0.25, -0.2) is 9.84 Å². The van der Waals surface area contributed by atoms with Crippen molar-refractivity contribution in [3.63, 3.8) is 0 Å². The zero-order valence-corrected chi connectivity index (χ0v) is 31.1. The van der Waals surface area contributed by atoms with Gasteiger partial charge in [-0.1, -0.05) is 55.3 Å². The van der Waals surface area contributed by atoms with Crippen molar-refractivity contribution in [1.82, 2.24) is 15.5 Å². The third-order valence-electron chi connectivity index (χ3n) is 8.99. The van der Waals surface area contributed by atoms with Crippen molar-refractivity contribution < 1.29 is 23.9 Å². The first-order valence-corrected chi connectivity index (χ1v) is 18.6. The molecular weight excluding hydrogens is 680 g/mol. The quantitative estimate of drug-likeness (QED) is 0.0724. The number of unbranched alkanes of at least 4 members (excludes halogenated alkanes) is 3. The van der Waals surface area contributed by atoms with Crippen LogP contribution >= 0.6 is 11.6 Å². The molecule has 2 N–H and O–H groups in total. The molecule has 3 amide bonds. The Balaban J connectivity index is 1.23. The minimum atomic E-state index is -0.361. The Morgan fingerprint density at radius 1 is 0.923 bits per heavy atom. The first-order valence-electron chi connectivity index (χ1n) is 18.1. The summed E-state index contributed by atoms with van der Waals surface area (Å²) in [6.45, 7) is 9.63. The zero-order chi connectivity index (χ0) is 37.1. The number of hydrogen-bond acceptors (Lipinski definition) is 7. The van der Waals surface area contributed by atoms with Gasteiger partial charge in [0, 0.05) is 50.8 Å². The van der Waals surface area contributed by atoms with Gasteiger partial charge in [0.1, 0.15) is 18.1 Å². The molecule has 1 heterocycles. The standard InChI is InChI=1S/C40H51ClN6O5/c1-42-33-15-8-30(9-16-33)12-21-37-45-36(28-31-10-19-35(20-11-31)46(2)3)40(50)47(37)29-38(48)44-34-17-13-32(14-18-34)39(49)43-23-25-52-27-26-51-24-7-5-4-6-22-41/h8-12,15-16,19-21,28,32,34H,4-7,13-14,17-18,22-27,29H2,2-3H3,(H,43,49)(H,44,48)/b21-12+,36-28-. The SMILES string of the molecule is [C-]#[N+]c1ccc(/C=C/C2=NC(=C\c3ccc(N(C)C)cc3)/C(=O)N2CC(=O)NC2CCC(C(=O)NCCOCCOCCCCCCCl)CC2)cc1. The highest BCUT2D eigenvalue weighted by Gasteiger charge is 2.32. The van der Waals surface area contributed by atoms with E-state index in [9.17, 15) is 14.4 Å². The smallest absolute Gasteiger partial charge is 0.278 e. The van der Waals surface area contributed by atoms with Crippen LogP contribution in [0.25, 0.3) is 17.0 Å². The number of hydrogen-bond donors (Lipinski definition) is 2. The van der Waals surface area contributed by atoms with Crippen molar-refractivity contribution >= 4 is 58.7 Å². The lowest BCUT2D eigenvalue weighted by atomic mass is 9.85. The molecule has 2 aromatic rings. The monoisotopic (exact) mass is 730 g/mol. The maximum Gasteiger partial charge on any atom is 0.278 e. The maximum atomic E-state index is 13.6. The summed E-state index contributed by atoms with van der Waals surface area (Å²) in [7, 11) is 3.92. The summed E-state index contributed by atoms with van der Waals surface area (Å²) in [5.74, 6) is 0.326.